The maximum atomic E-state index is 12.6. The molecule has 1 amide bonds. The lowest BCUT2D eigenvalue weighted by Gasteiger charge is -2.06. The molecule has 3 aromatic carbocycles. The molecule has 0 bridgehead atoms. The maximum Gasteiger partial charge on any atom is 0.407 e. The van der Waals surface area contributed by atoms with Crippen LogP contribution in [-0.4, -0.2) is 18.4 Å². The molecule has 0 spiro atoms. The predicted octanol–water partition coefficient (Wildman–Crippen LogP) is 4.17. The van der Waals surface area contributed by atoms with E-state index in [-0.39, 0.29) is 12.4 Å². The van der Waals surface area contributed by atoms with E-state index < -0.39 is 6.09 Å². The summed E-state index contributed by atoms with van der Waals surface area (Å²) in [6, 6.07) is 23.6. The Morgan fingerprint density at radius 1 is 0.933 bits per heavy atom. The molecule has 0 saturated heterocycles. The van der Waals surface area contributed by atoms with E-state index in [9.17, 15) is 9.59 Å². The molecule has 0 aromatic heterocycles. The molecular weight excluding hydrogens is 376 g/mol. The Labute approximate surface area is 175 Å². The highest BCUT2D eigenvalue weighted by molar-refractivity contribution is 6.12. The van der Waals surface area contributed by atoms with E-state index in [1.165, 1.54) is 0 Å². The number of benzene rings is 3. The largest absolute Gasteiger partial charge is 0.445 e. The van der Waals surface area contributed by atoms with Gasteiger partial charge in [-0.25, -0.2) is 4.79 Å². The third-order valence-corrected chi connectivity index (χ3v) is 4.30. The minimum atomic E-state index is -0.483. The van der Waals surface area contributed by atoms with Crippen molar-refractivity contribution in [2.45, 2.75) is 13.0 Å². The first kappa shape index (κ1) is 20.7. The third kappa shape index (κ3) is 5.98. The SMILES string of the molecule is Nc1ccc(C#CCCNC(=O)OCc2ccccc2)cc1C(=O)c1ccccc1. The van der Waals surface area contributed by atoms with Gasteiger partial charge in [0.05, 0.1) is 0 Å². The summed E-state index contributed by atoms with van der Waals surface area (Å²) >= 11 is 0. The number of nitrogen functional groups attached to an aromatic ring is 1. The summed E-state index contributed by atoms with van der Waals surface area (Å²) in [5.74, 6) is 5.84. The van der Waals surface area contributed by atoms with Gasteiger partial charge in [-0.1, -0.05) is 72.5 Å². The van der Waals surface area contributed by atoms with Gasteiger partial charge in [-0.2, -0.15) is 0 Å². The van der Waals surface area contributed by atoms with Gasteiger partial charge in [-0.3, -0.25) is 4.79 Å². The van der Waals surface area contributed by atoms with E-state index in [4.69, 9.17) is 10.5 Å². The lowest BCUT2D eigenvalue weighted by Crippen LogP contribution is -2.24. The van der Waals surface area contributed by atoms with Crippen LogP contribution in [0.4, 0.5) is 10.5 Å². The zero-order valence-corrected chi connectivity index (χ0v) is 16.4. The molecule has 5 nitrogen and oxygen atoms in total. The minimum Gasteiger partial charge on any atom is -0.445 e. The van der Waals surface area contributed by atoms with Gasteiger partial charge < -0.3 is 15.8 Å². The van der Waals surface area contributed by atoms with E-state index in [0.29, 0.717) is 35.3 Å². The zero-order valence-electron chi connectivity index (χ0n) is 16.4. The molecule has 0 aliphatic carbocycles. The first-order valence-electron chi connectivity index (χ1n) is 9.56. The van der Waals surface area contributed by atoms with Gasteiger partial charge >= 0.3 is 6.09 Å². The molecule has 0 aliphatic heterocycles. The highest BCUT2D eigenvalue weighted by Gasteiger charge is 2.12. The van der Waals surface area contributed by atoms with Crippen molar-refractivity contribution in [3.05, 3.63) is 101 Å². The summed E-state index contributed by atoms with van der Waals surface area (Å²) < 4.78 is 5.14. The average molecular weight is 398 g/mol. The predicted molar refractivity (Wildman–Crippen MR) is 117 cm³/mol. The number of hydrogen-bond acceptors (Lipinski definition) is 4. The van der Waals surface area contributed by atoms with Crippen molar-refractivity contribution in [1.82, 2.24) is 5.32 Å². The van der Waals surface area contributed by atoms with Crippen molar-refractivity contribution in [1.29, 1.82) is 0 Å². The van der Waals surface area contributed by atoms with Gasteiger partial charge in [0.2, 0.25) is 0 Å². The smallest absolute Gasteiger partial charge is 0.407 e. The summed E-state index contributed by atoms with van der Waals surface area (Å²) in [6.07, 6.45) is -0.0313. The van der Waals surface area contributed by atoms with Gasteiger partial charge in [-0.05, 0) is 23.8 Å². The Bertz CT molecular complexity index is 1070. The molecule has 0 atom stereocenters. The molecular formula is C25H22N2O3. The van der Waals surface area contributed by atoms with Gasteiger partial charge in [-0.15, -0.1) is 0 Å². The van der Waals surface area contributed by atoms with Crippen LogP contribution in [0.1, 0.15) is 33.5 Å². The topological polar surface area (TPSA) is 81.4 Å². The number of rotatable bonds is 6. The number of ketones is 1. The van der Waals surface area contributed by atoms with E-state index >= 15 is 0 Å². The second kappa shape index (κ2) is 10.5. The number of ether oxygens (including phenoxy) is 1. The number of nitrogens with two attached hydrogens (primary N) is 1. The standard InChI is InChI=1S/C25H22N2O3/c26-23-15-14-19(17-22(23)24(28)21-12-5-2-6-13-21)9-7-8-16-27-25(29)30-18-20-10-3-1-4-11-20/h1-6,10-15,17H,8,16,18,26H2,(H,27,29). The van der Waals surface area contributed by atoms with Crippen molar-refractivity contribution in [2.75, 3.05) is 12.3 Å². The van der Waals surface area contributed by atoms with Gasteiger partial charge in [0.15, 0.2) is 5.78 Å². The van der Waals surface area contributed by atoms with Crippen LogP contribution in [0.5, 0.6) is 0 Å². The van der Waals surface area contributed by atoms with Crippen molar-refractivity contribution in [3.8, 4) is 11.8 Å². The average Bonchev–Trinajstić information content (AvgIpc) is 2.79. The molecule has 0 aliphatic rings. The van der Waals surface area contributed by atoms with Crippen molar-refractivity contribution < 1.29 is 14.3 Å². The molecule has 3 N–H and O–H groups in total. The molecule has 0 saturated carbocycles. The summed E-state index contributed by atoms with van der Waals surface area (Å²) in [7, 11) is 0. The van der Waals surface area contributed by atoms with Gasteiger partial charge in [0.25, 0.3) is 0 Å². The molecule has 150 valence electrons. The number of amides is 1. The number of hydrogen-bond donors (Lipinski definition) is 2. The van der Waals surface area contributed by atoms with Crippen LogP contribution in [0.3, 0.4) is 0 Å². The highest BCUT2D eigenvalue weighted by Crippen LogP contribution is 2.18. The summed E-state index contributed by atoms with van der Waals surface area (Å²) in [6.45, 7) is 0.591. The van der Waals surface area contributed by atoms with Gasteiger partial charge in [0.1, 0.15) is 6.61 Å². The highest BCUT2D eigenvalue weighted by atomic mass is 16.5. The molecule has 0 radical (unpaired) electrons. The van der Waals surface area contributed by atoms with E-state index in [1.807, 2.05) is 48.5 Å². The van der Waals surface area contributed by atoms with Crippen LogP contribution < -0.4 is 11.1 Å². The first-order valence-corrected chi connectivity index (χ1v) is 9.56. The first-order chi connectivity index (χ1) is 14.6. The molecule has 3 rings (SSSR count). The van der Waals surface area contributed by atoms with Crippen LogP contribution in [0.25, 0.3) is 0 Å². The third-order valence-electron chi connectivity index (χ3n) is 4.30. The molecule has 0 heterocycles. The zero-order chi connectivity index (χ0) is 21.2. The van der Waals surface area contributed by atoms with E-state index in [2.05, 4.69) is 17.2 Å². The molecule has 3 aromatic rings. The number of alkyl carbamates (subject to hydrolysis) is 1. The molecule has 0 unspecified atom stereocenters. The summed E-state index contributed by atoms with van der Waals surface area (Å²) in [5, 5.41) is 2.66. The van der Waals surface area contributed by atoms with Crippen molar-refractivity contribution >= 4 is 17.6 Å². The second-order valence-corrected chi connectivity index (χ2v) is 6.54. The second-order valence-electron chi connectivity index (χ2n) is 6.54. The molecule has 0 fully saturated rings. The van der Waals surface area contributed by atoms with E-state index in [0.717, 1.165) is 5.56 Å². The maximum absolute atomic E-state index is 12.6. The quantitative estimate of drug-likeness (QED) is 0.283. The fourth-order valence-corrected chi connectivity index (χ4v) is 2.74. The minimum absolute atomic E-state index is 0.139. The van der Waals surface area contributed by atoms with Crippen LogP contribution in [0, 0.1) is 11.8 Å². The van der Waals surface area contributed by atoms with Crippen LogP contribution >= 0.6 is 0 Å². The Kier molecular flexibility index (Phi) is 7.23. The van der Waals surface area contributed by atoms with E-state index in [1.54, 1.807) is 30.3 Å². The summed E-state index contributed by atoms with van der Waals surface area (Å²) in [5.41, 5.74) is 9.01. The lowest BCUT2D eigenvalue weighted by molar-refractivity contribution is 0.103. The Balaban J connectivity index is 1.50. The Morgan fingerprint density at radius 2 is 1.63 bits per heavy atom. The fraction of sp³-hybridized carbons (Fsp3) is 0.120. The monoisotopic (exact) mass is 398 g/mol. The van der Waals surface area contributed by atoms with Crippen molar-refractivity contribution in [2.24, 2.45) is 0 Å². The number of carbonyl (C=O) groups is 2. The van der Waals surface area contributed by atoms with Crippen molar-refractivity contribution in [3.63, 3.8) is 0 Å². The summed E-state index contributed by atoms with van der Waals surface area (Å²) in [4.78, 5) is 24.4. The van der Waals surface area contributed by atoms with Gasteiger partial charge in [0, 0.05) is 35.3 Å². The Morgan fingerprint density at radius 3 is 2.37 bits per heavy atom. The normalized spacial score (nSPS) is 9.87. The van der Waals surface area contributed by atoms with Crippen LogP contribution in [0.15, 0.2) is 78.9 Å². The number of carbonyl (C=O) groups excluding carboxylic acids is 2. The lowest BCUT2D eigenvalue weighted by atomic mass is 10.00. The molecule has 30 heavy (non-hydrogen) atoms. The number of nitrogens with one attached hydrogen (secondary N) is 1. The Hall–Kier alpha value is -4.04. The van der Waals surface area contributed by atoms with Crippen LogP contribution in [0.2, 0.25) is 0 Å². The number of anilines is 1. The fourth-order valence-electron chi connectivity index (χ4n) is 2.74. The van der Waals surface area contributed by atoms with Crippen LogP contribution in [-0.2, 0) is 11.3 Å². The molecule has 5 heteroatoms.